The zero-order valence-corrected chi connectivity index (χ0v) is 9.19. The maximum absolute atomic E-state index is 9.77. The van der Waals surface area contributed by atoms with Gasteiger partial charge in [-0.25, -0.2) is 0 Å². The van der Waals surface area contributed by atoms with Crippen LogP contribution in [0.4, 0.5) is 0 Å². The lowest BCUT2D eigenvalue weighted by Crippen LogP contribution is -2.41. The second kappa shape index (κ2) is 4.77. The van der Waals surface area contributed by atoms with Crippen LogP contribution in [0.3, 0.4) is 0 Å². The lowest BCUT2D eigenvalue weighted by Gasteiger charge is -2.28. The van der Waals surface area contributed by atoms with Gasteiger partial charge in [0, 0.05) is 31.4 Å². The molecule has 2 atom stereocenters. The van der Waals surface area contributed by atoms with Gasteiger partial charge in [-0.2, -0.15) is 5.10 Å². The highest BCUT2D eigenvalue weighted by Crippen LogP contribution is 2.18. The fourth-order valence-electron chi connectivity index (χ4n) is 2.16. The summed E-state index contributed by atoms with van der Waals surface area (Å²) < 4.78 is 1.80. The first-order valence-electron chi connectivity index (χ1n) is 5.64. The van der Waals surface area contributed by atoms with E-state index < -0.39 is 0 Å². The van der Waals surface area contributed by atoms with Gasteiger partial charge in [0.2, 0.25) is 0 Å². The van der Waals surface area contributed by atoms with Gasteiger partial charge in [0.15, 0.2) is 0 Å². The molecule has 1 aromatic rings. The van der Waals surface area contributed by atoms with E-state index in [1.165, 1.54) is 12.0 Å². The fraction of sp³-hybridized carbons (Fsp3) is 0.727. The zero-order chi connectivity index (χ0) is 10.7. The molecule has 0 unspecified atom stereocenters. The molecule has 0 bridgehead atoms. The van der Waals surface area contributed by atoms with Gasteiger partial charge < -0.3 is 10.4 Å². The fourth-order valence-corrected chi connectivity index (χ4v) is 2.16. The average Bonchev–Trinajstić information content (AvgIpc) is 2.63. The minimum absolute atomic E-state index is 0.171. The molecule has 1 fully saturated rings. The van der Waals surface area contributed by atoms with Crippen LogP contribution in [0.25, 0.3) is 0 Å². The highest BCUT2D eigenvalue weighted by Gasteiger charge is 2.22. The standard InChI is InChI=1S/C11H19N3O/c1-14-8-9(7-13-14)6-12-10-4-2-3-5-11(10)15/h7-8,10-12,15H,2-6H2,1H3/t10-,11+/m0/s1. The van der Waals surface area contributed by atoms with Gasteiger partial charge in [-0.1, -0.05) is 12.8 Å². The summed E-state index contributed by atoms with van der Waals surface area (Å²) in [6.45, 7) is 0.801. The molecule has 84 valence electrons. The molecule has 1 aliphatic carbocycles. The van der Waals surface area contributed by atoms with E-state index >= 15 is 0 Å². The summed E-state index contributed by atoms with van der Waals surface area (Å²) in [5, 5.41) is 17.3. The third kappa shape index (κ3) is 2.79. The Morgan fingerprint density at radius 3 is 3.00 bits per heavy atom. The molecule has 2 rings (SSSR count). The number of hydrogen-bond donors (Lipinski definition) is 2. The number of rotatable bonds is 3. The highest BCUT2D eigenvalue weighted by molar-refractivity contribution is 5.03. The summed E-state index contributed by atoms with van der Waals surface area (Å²) in [6.07, 6.45) is 8.10. The lowest BCUT2D eigenvalue weighted by molar-refractivity contribution is 0.0902. The summed E-state index contributed by atoms with van der Waals surface area (Å²) in [6, 6.07) is 0.263. The molecule has 1 heterocycles. The maximum Gasteiger partial charge on any atom is 0.0693 e. The molecule has 4 heteroatoms. The summed E-state index contributed by atoms with van der Waals surface area (Å²) in [4.78, 5) is 0. The van der Waals surface area contributed by atoms with E-state index in [0.717, 1.165) is 25.8 Å². The van der Waals surface area contributed by atoms with Crippen molar-refractivity contribution in [1.82, 2.24) is 15.1 Å². The first-order chi connectivity index (χ1) is 7.25. The third-order valence-corrected chi connectivity index (χ3v) is 3.06. The van der Waals surface area contributed by atoms with Gasteiger partial charge in [-0.15, -0.1) is 0 Å². The van der Waals surface area contributed by atoms with Crippen LogP contribution in [-0.4, -0.2) is 27.0 Å². The average molecular weight is 209 g/mol. The van der Waals surface area contributed by atoms with Crippen LogP contribution in [0.15, 0.2) is 12.4 Å². The van der Waals surface area contributed by atoms with E-state index in [4.69, 9.17) is 0 Å². The molecule has 15 heavy (non-hydrogen) atoms. The van der Waals surface area contributed by atoms with E-state index in [-0.39, 0.29) is 12.1 Å². The van der Waals surface area contributed by atoms with Crippen molar-refractivity contribution in [3.63, 3.8) is 0 Å². The molecule has 2 N–H and O–H groups in total. The molecule has 4 nitrogen and oxygen atoms in total. The van der Waals surface area contributed by atoms with E-state index in [9.17, 15) is 5.11 Å². The van der Waals surface area contributed by atoms with Crippen molar-refractivity contribution in [3.05, 3.63) is 18.0 Å². The van der Waals surface area contributed by atoms with Crippen LogP contribution in [0.5, 0.6) is 0 Å². The molecule has 0 radical (unpaired) electrons. The Bertz CT molecular complexity index is 311. The number of aromatic nitrogens is 2. The highest BCUT2D eigenvalue weighted by atomic mass is 16.3. The Hall–Kier alpha value is -0.870. The molecule has 0 spiro atoms. The molecule has 1 aromatic heterocycles. The monoisotopic (exact) mass is 209 g/mol. The van der Waals surface area contributed by atoms with Crippen molar-refractivity contribution in [3.8, 4) is 0 Å². The topological polar surface area (TPSA) is 50.1 Å². The maximum atomic E-state index is 9.77. The van der Waals surface area contributed by atoms with E-state index in [1.54, 1.807) is 4.68 Å². The molecule has 1 aliphatic rings. The summed E-state index contributed by atoms with van der Waals surface area (Å²) in [5.74, 6) is 0. The number of aliphatic hydroxyl groups is 1. The molecule has 0 aromatic carbocycles. The minimum atomic E-state index is -0.171. The minimum Gasteiger partial charge on any atom is -0.392 e. The van der Waals surface area contributed by atoms with Gasteiger partial charge in [0.25, 0.3) is 0 Å². The van der Waals surface area contributed by atoms with Crippen LogP contribution in [-0.2, 0) is 13.6 Å². The number of aryl methyl sites for hydroxylation is 1. The third-order valence-electron chi connectivity index (χ3n) is 3.06. The Morgan fingerprint density at radius 2 is 2.33 bits per heavy atom. The molecule has 0 saturated heterocycles. The first kappa shape index (κ1) is 10.6. The van der Waals surface area contributed by atoms with E-state index in [0.29, 0.717) is 0 Å². The quantitative estimate of drug-likeness (QED) is 0.774. The number of nitrogens with zero attached hydrogens (tertiary/aromatic N) is 2. The molecule has 0 amide bonds. The van der Waals surface area contributed by atoms with Gasteiger partial charge in [-0.05, 0) is 12.8 Å². The molecular formula is C11H19N3O. The molecule has 0 aliphatic heterocycles. The molecular weight excluding hydrogens is 190 g/mol. The molecule has 1 saturated carbocycles. The van der Waals surface area contributed by atoms with Crippen molar-refractivity contribution < 1.29 is 5.11 Å². The van der Waals surface area contributed by atoms with Gasteiger partial charge in [-0.3, -0.25) is 4.68 Å². The van der Waals surface area contributed by atoms with E-state index in [1.807, 2.05) is 19.4 Å². The smallest absolute Gasteiger partial charge is 0.0693 e. The van der Waals surface area contributed by atoms with Crippen molar-refractivity contribution in [2.45, 2.75) is 44.4 Å². The number of nitrogens with one attached hydrogen (secondary N) is 1. The van der Waals surface area contributed by atoms with Crippen LogP contribution >= 0.6 is 0 Å². The lowest BCUT2D eigenvalue weighted by atomic mass is 9.92. The van der Waals surface area contributed by atoms with Crippen LogP contribution < -0.4 is 5.32 Å². The predicted octanol–water partition coefficient (Wildman–Crippen LogP) is 0.813. The summed E-state index contributed by atoms with van der Waals surface area (Å²) in [7, 11) is 1.92. The van der Waals surface area contributed by atoms with Crippen molar-refractivity contribution in [2.24, 2.45) is 7.05 Å². The second-order valence-corrected chi connectivity index (χ2v) is 4.36. The Labute approximate surface area is 90.3 Å². The largest absolute Gasteiger partial charge is 0.392 e. The van der Waals surface area contributed by atoms with Crippen LogP contribution in [0.2, 0.25) is 0 Å². The first-order valence-corrected chi connectivity index (χ1v) is 5.64. The van der Waals surface area contributed by atoms with Gasteiger partial charge >= 0.3 is 0 Å². The summed E-state index contributed by atoms with van der Waals surface area (Å²) >= 11 is 0. The van der Waals surface area contributed by atoms with Crippen molar-refractivity contribution in [2.75, 3.05) is 0 Å². The number of aliphatic hydroxyl groups excluding tert-OH is 1. The van der Waals surface area contributed by atoms with Gasteiger partial charge in [0.05, 0.1) is 12.3 Å². The summed E-state index contributed by atoms with van der Waals surface area (Å²) in [5.41, 5.74) is 1.18. The van der Waals surface area contributed by atoms with Crippen LogP contribution in [0, 0.1) is 0 Å². The van der Waals surface area contributed by atoms with Gasteiger partial charge in [0.1, 0.15) is 0 Å². The predicted molar refractivity (Wildman–Crippen MR) is 58.3 cm³/mol. The Balaban J connectivity index is 1.81. The SMILES string of the molecule is Cn1cc(CN[C@H]2CCCC[C@H]2O)cn1. The Morgan fingerprint density at radius 1 is 1.53 bits per heavy atom. The van der Waals surface area contributed by atoms with Crippen molar-refractivity contribution >= 4 is 0 Å². The normalized spacial score (nSPS) is 26.8. The van der Waals surface area contributed by atoms with Crippen LogP contribution in [0.1, 0.15) is 31.2 Å². The Kier molecular flexibility index (Phi) is 3.38. The second-order valence-electron chi connectivity index (χ2n) is 4.36. The van der Waals surface area contributed by atoms with Crippen molar-refractivity contribution in [1.29, 1.82) is 0 Å². The number of hydrogen-bond acceptors (Lipinski definition) is 3. The van der Waals surface area contributed by atoms with E-state index in [2.05, 4.69) is 10.4 Å². The zero-order valence-electron chi connectivity index (χ0n) is 9.19.